The molecular formula is C37H41NO8. The number of allylic oxidation sites excluding steroid dienone is 1. The highest BCUT2D eigenvalue weighted by Gasteiger charge is 2.46. The van der Waals surface area contributed by atoms with Gasteiger partial charge < -0.3 is 28.4 Å². The lowest BCUT2D eigenvalue weighted by molar-refractivity contribution is -0.140. The number of methoxy groups -OCH3 is 3. The zero-order chi connectivity index (χ0) is 32.6. The van der Waals surface area contributed by atoms with Crippen LogP contribution in [0, 0.1) is 5.92 Å². The van der Waals surface area contributed by atoms with Gasteiger partial charge in [0.15, 0.2) is 23.0 Å². The minimum absolute atomic E-state index is 0.00488. The first-order valence-electron chi connectivity index (χ1n) is 15.6. The average molecular weight is 628 g/mol. The van der Waals surface area contributed by atoms with E-state index in [-0.39, 0.29) is 31.3 Å². The van der Waals surface area contributed by atoms with Crippen molar-refractivity contribution in [3.8, 4) is 28.7 Å². The number of ketones is 1. The molecule has 1 aliphatic carbocycles. The van der Waals surface area contributed by atoms with Gasteiger partial charge in [0.25, 0.3) is 0 Å². The van der Waals surface area contributed by atoms with Crippen LogP contribution in [-0.2, 0) is 14.3 Å². The number of fused-ring (bicyclic) bond motifs is 1. The number of esters is 1. The zero-order valence-electron chi connectivity index (χ0n) is 27.0. The molecule has 242 valence electrons. The number of benzene rings is 3. The molecule has 5 rings (SSSR count). The van der Waals surface area contributed by atoms with Crippen molar-refractivity contribution in [2.45, 2.75) is 44.9 Å². The fourth-order valence-electron chi connectivity index (χ4n) is 6.24. The Balaban J connectivity index is 1.47. The van der Waals surface area contributed by atoms with Crippen LogP contribution in [0.25, 0.3) is 0 Å². The number of hydrogen-bond donors (Lipinski definition) is 0. The third-order valence-corrected chi connectivity index (χ3v) is 8.39. The number of para-hydroxylation sites is 1. The maximum Gasteiger partial charge on any atom is 0.336 e. The molecule has 0 aromatic heterocycles. The monoisotopic (exact) mass is 627 g/mol. The Labute approximate surface area is 270 Å². The molecule has 0 spiro atoms. The second-order valence-corrected chi connectivity index (χ2v) is 11.3. The molecular weight excluding hydrogens is 586 g/mol. The predicted octanol–water partition coefficient (Wildman–Crippen LogP) is 6.70. The summed E-state index contributed by atoms with van der Waals surface area (Å²) >= 11 is 0. The molecule has 1 saturated carbocycles. The van der Waals surface area contributed by atoms with E-state index in [4.69, 9.17) is 33.4 Å². The van der Waals surface area contributed by atoms with E-state index < -0.39 is 17.8 Å². The van der Waals surface area contributed by atoms with Gasteiger partial charge in [-0.2, -0.15) is 0 Å². The minimum Gasteiger partial charge on any atom is -0.493 e. The average Bonchev–Trinajstić information content (AvgIpc) is 3.08. The summed E-state index contributed by atoms with van der Waals surface area (Å²) in [6.07, 6.45) is 1.69. The van der Waals surface area contributed by atoms with E-state index >= 15 is 0 Å². The Morgan fingerprint density at radius 1 is 0.761 bits per heavy atom. The number of hydrogen-bond acceptors (Lipinski definition) is 9. The van der Waals surface area contributed by atoms with E-state index in [0.717, 1.165) is 23.3 Å². The van der Waals surface area contributed by atoms with E-state index in [1.807, 2.05) is 73.7 Å². The zero-order valence-corrected chi connectivity index (χ0v) is 27.0. The quantitative estimate of drug-likeness (QED) is 0.152. The van der Waals surface area contributed by atoms with Crippen LogP contribution < -0.4 is 23.7 Å². The summed E-state index contributed by atoms with van der Waals surface area (Å²) in [6.45, 7) is 4.60. The second-order valence-electron chi connectivity index (χ2n) is 11.3. The molecule has 3 aromatic carbocycles. The molecule has 9 heteroatoms. The summed E-state index contributed by atoms with van der Waals surface area (Å²) in [7, 11) is 4.76. The minimum atomic E-state index is -0.629. The van der Waals surface area contributed by atoms with Crippen molar-refractivity contribution in [3.63, 3.8) is 0 Å². The van der Waals surface area contributed by atoms with Gasteiger partial charge in [-0.3, -0.25) is 9.79 Å². The third-order valence-electron chi connectivity index (χ3n) is 8.39. The molecule has 1 aliphatic heterocycles. The molecule has 0 bridgehead atoms. The molecule has 1 fully saturated rings. The van der Waals surface area contributed by atoms with Crippen LogP contribution in [0.2, 0.25) is 0 Å². The van der Waals surface area contributed by atoms with E-state index in [1.54, 1.807) is 28.3 Å². The summed E-state index contributed by atoms with van der Waals surface area (Å²) in [5, 5.41) is 0. The number of rotatable bonds is 13. The van der Waals surface area contributed by atoms with Gasteiger partial charge in [0.1, 0.15) is 24.7 Å². The van der Waals surface area contributed by atoms with Crippen molar-refractivity contribution in [3.05, 3.63) is 89.1 Å². The molecule has 0 amide bonds. The Hall–Kier alpha value is -4.79. The van der Waals surface area contributed by atoms with Crippen LogP contribution >= 0.6 is 0 Å². The highest BCUT2D eigenvalue weighted by Crippen LogP contribution is 2.48. The second kappa shape index (κ2) is 15.0. The molecule has 2 aliphatic rings. The number of carbonyl (C=O) groups is 2. The molecule has 9 nitrogen and oxygen atoms in total. The standard InChI is InChI=1S/C37H41NO8/c1-6-16-45-31-15-13-25(22-33(31)43-5)35-34(37(40)46-18-17-44-27-10-8-7-9-11-27)23(2)38-28-19-26(20-29(39)36(28)35)24-12-14-30(41-3)32(21-24)42-4/h7-15,21-22,26,35-36H,6,16-20H2,1-5H3/t26-,35+,36?/m0/s1. The Bertz CT molecular complexity index is 1610. The molecule has 0 N–H and O–H groups in total. The van der Waals surface area contributed by atoms with Crippen molar-refractivity contribution < 1.29 is 38.0 Å². The fourth-order valence-corrected chi connectivity index (χ4v) is 6.24. The van der Waals surface area contributed by atoms with Crippen molar-refractivity contribution in [2.24, 2.45) is 10.9 Å². The number of Topliss-reactive ketones (excluding diaryl/α,β-unsaturated/α-hetero) is 1. The number of nitrogens with zero attached hydrogens (tertiary/aromatic N) is 1. The van der Waals surface area contributed by atoms with Crippen molar-refractivity contribution in [1.29, 1.82) is 0 Å². The van der Waals surface area contributed by atoms with Gasteiger partial charge >= 0.3 is 5.97 Å². The lowest BCUT2D eigenvalue weighted by Crippen LogP contribution is -2.41. The Kier molecular flexibility index (Phi) is 10.6. The first kappa shape index (κ1) is 32.6. The van der Waals surface area contributed by atoms with Crippen molar-refractivity contribution in [2.75, 3.05) is 41.2 Å². The van der Waals surface area contributed by atoms with E-state index in [1.165, 1.54) is 0 Å². The summed E-state index contributed by atoms with van der Waals surface area (Å²) in [4.78, 5) is 32.8. The largest absolute Gasteiger partial charge is 0.493 e. The Morgan fingerprint density at radius 2 is 1.43 bits per heavy atom. The molecule has 3 atom stereocenters. The van der Waals surface area contributed by atoms with Crippen LogP contribution in [-0.4, -0.2) is 58.6 Å². The molecule has 3 aromatic rings. The van der Waals surface area contributed by atoms with Gasteiger partial charge in [0.05, 0.1) is 39.4 Å². The van der Waals surface area contributed by atoms with Gasteiger partial charge in [-0.15, -0.1) is 0 Å². The summed E-state index contributed by atoms with van der Waals surface area (Å²) in [6, 6.07) is 20.7. The van der Waals surface area contributed by atoms with Crippen molar-refractivity contribution in [1.82, 2.24) is 0 Å². The highest BCUT2D eigenvalue weighted by molar-refractivity contribution is 6.12. The summed E-state index contributed by atoms with van der Waals surface area (Å²) in [5.41, 5.74) is 3.34. The van der Waals surface area contributed by atoms with Gasteiger partial charge in [0.2, 0.25) is 0 Å². The smallest absolute Gasteiger partial charge is 0.336 e. The molecule has 1 unspecified atom stereocenters. The summed E-state index contributed by atoms with van der Waals surface area (Å²) in [5.74, 6) is 1.19. The van der Waals surface area contributed by atoms with E-state index in [9.17, 15) is 9.59 Å². The van der Waals surface area contributed by atoms with Crippen LogP contribution in [0.15, 0.2) is 83.0 Å². The Morgan fingerprint density at radius 3 is 2.15 bits per heavy atom. The van der Waals surface area contributed by atoms with Crippen molar-refractivity contribution >= 4 is 17.5 Å². The third kappa shape index (κ3) is 7.03. The van der Waals surface area contributed by atoms with Crippen LogP contribution in [0.5, 0.6) is 28.7 Å². The number of carbonyl (C=O) groups excluding carboxylic acids is 2. The lowest BCUT2D eigenvalue weighted by Gasteiger charge is -2.38. The first-order chi connectivity index (χ1) is 22.4. The van der Waals surface area contributed by atoms with Crippen LogP contribution in [0.1, 0.15) is 56.1 Å². The molecule has 46 heavy (non-hydrogen) atoms. The molecule has 1 heterocycles. The lowest BCUT2D eigenvalue weighted by atomic mass is 9.66. The predicted molar refractivity (Wildman–Crippen MR) is 175 cm³/mol. The molecule has 0 saturated heterocycles. The molecule has 0 radical (unpaired) electrons. The van der Waals surface area contributed by atoms with E-state index in [2.05, 4.69) is 0 Å². The highest BCUT2D eigenvalue weighted by atomic mass is 16.6. The topological polar surface area (TPSA) is 102 Å². The van der Waals surface area contributed by atoms with E-state index in [0.29, 0.717) is 53.0 Å². The van der Waals surface area contributed by atoms with Gasteiger partial charge in [-0.25, -0.2) is 4.79 Å². The normalized spacial score (nSPS) is 19.1. The number of ether oxygens (including phenoxy) is 6. The van der Waals surface area contributed by atoms with Gasteiger partial charge in [-0.05, 0) is 73.2 Å². The number of aliphatic imine (C=N–C) groups is 1. The maximum absolute atomic E-state index is 14.1. The SMILES string of the molecule is CCCOc1ccc([C@@H]2C(C(=O)OCCOc3ccccc3)=C(C)N=C3C[C@H](c4ccc(OC)c(OC)c4)CC(=O)C32)cc1OC. The van der Waals surface area contributed by atoms with Crippen LogP contribution in [0.4, 0.5) is 0 Å². The van der Waals surface area contributed by atoms with Crippen LogP contribution in [0.3, 0.4) is 0 Å². The van der Waals surface area contributed by atoms with Gasteiger partial charge in [0, 0.05) is 23.7 Å². The first-order valence-corrected chi connectivity index (χ1v) is 15.6. The summed E-state index contributed by atoms with van der Waals surface area (Å²) < 4.78 is 34.0. The fraction of sp³-hybridized carbons (Fsp3) is 0.378. The maximum atomic E-state index is 14.1. The van der Waals surface area contributed by atoms with Gasteiger partial charge in [-0.1, -0.05) is 37.3 Å².